The van der Waals surface area contributed by atoms with E-state index in [1.165, 1.54) is 28.0 Å². The molecule has 1 aromatic carbocycles. The van der Waals surface area contributed by atoms with Crippen LogP contribution in [0.5, 0.6) is 0 Å². The zero-order valence-corrected chi connectivity index (χ0v) is 20.5. The normalized spacial score (nSPS) is 10.7. The minimum atomic E-state index is -0.235. The number of benzene rings is 1. The van der Waals surface area contributed by atoms with Gasteiger partial charge in [-0.3, -0.25) is 14.2 Å². The molecule has 11 heteroatoms. The van der Waals surface area contributed by atoms with Crippen LogP contribution < -0.4 is 5.32 Å². The molecule has 0 unspecified atom stereocenters. The molecule has 8 nitrogen and oxygen atoms in total. The number of carbonyl (C=O) groups excluding carboxylic acids is 2. The van der Waals surface area contributed by atoms with Crippen molar-refractivity contribution in [3.05, 3.63) is 52.0 Å². The van der Waals surface area contributed by atoms with Gasteiger partial charge in [-0.05, 0) is 19.1 Å². The van der Waals surface area contributed by atoms with Crippen molar-refractivity contribution in [2.75, 3.05) is 25.2 Å². The topological polar surface area (TPSA) is 93.0 Å². The first-order valence-corrected chi connectivity index (χ1v) is 11.8. The van der Waals surface area contributed by atoms with Crippen molar-refractivity contribution in [1.29, 1.82) is 0 Å². The van der Waals surface area contributed by atoms with Gasteiger partial charge < -0.3 is 10.2 Å². The standard InChI is InChI=1S/C20H21BrN6O2S2/c1-5-10-27-17(13-6-8-14(21)9-7-13)24-25-20(27)30-11-15(28)23-19-22-12(2)16(31-19)18(29)26(3)4/h5-9H,1,10-11H2,2-4H3,(H,22,23,28). The molecule has 0 saturated carbocycles. The smallest absolute Gasteiger partial charge is 0.265 e. The van der Waals surface area contributed by atoms with E-state index in [0.29, 0.717) is 33.2 Å². The lowest BCUT2D eigenvalue weighted by molar-refractivity contribution is -0.113. The van der Waals surface area contributed by atoms with Crippen LogP contribution in [0.2, 0.25) is 0 Å². The molecule has 0 aliphatic carbocycles. The van der Waals surface area contributed by atoms with E-state index in [-0.39, 0.29) is 17.6 Å². The van der Waals surface area contributed by atoms with Crippen molar-refractivity contribution in [2.45, 2.75) is 18.6 Å². The van der Waals surface area contributed by atoms with Gasteiger partial charge in [-0.25, -0.2) is 4.98 Å². The third-order valence-electron chi connectivity index (χ3n) is 4.11. The Balaban J connectivity index is 1.69. The summed E-state index contributed by atoms with van der Waals surface area (Å²) in [5, 5.41) is 12.3. The second-order valence-electron chi connectivity index (χ2n) is 6.68. The van der Waals surface area contributed by atoms with Crippen molar-refractivity contribution in [2.24, 2.45) is 0 Å². The molecule has 0 fully saturated rings. The van der Waals surface area contributed by atoms with Crippen molar-refractivity contribution < 1.29 is 9.59 Å². The monoisotopic (exact) mass is 520 g/mol. The average Bonchev–Trinajstić information content (AvgIpc) is 3.29. The number of amides is 2. The van der Waals surface area contributed by atoms with Crippen molar-refractivity contribution in [1.82, 2.24) is 24.6 Å². The molecule has 2 aromatic heterocycles. The van der Waals surface area contributed by atoms with E-state index in [9.17, 15) is 9.59 Å². The molecule has 0 aliphatic rings. The zero-order chi connectivity index (χ0) is 22.5. The Kier molecular flexibility index (Phi) is 7.63. The Labute approximate surface area is 196 Å². The highest BCUT2D eigenvalue weighted by Crippen LogP contribution is 2.27. The molecule has 3 aromatic rings. The third-order valence-corrected chi connectivity index (χ3v) is 6.66. The van der Waals surface area contributed by atoms with E-state index in [0.717, 1.165) is 10.0 Å². The number of nitrogens with zero attached hydrogens (tertiary/aromatic N) is 5. The van der Waals surface area contributed by atoms with Crippen LogP contribution in [-0.4, -0.2) is 56.3 Å². The van der Waals surface area contributed by atoms with E-state index in [1.807, 2.05) is 28.8 Å². The number of aryl methyl sites for hydroxylation is 1. The fraction of sp³-hybridized carbons (Fsp3) is 0.250. The Hall–Kier alpha value is -2.50. The van der Waals surface area contributed by atoms with Gasteiger partial charge in [-0.2, -0.15) is 0 Å². The quantitative estimate of drug-likeness (QED) is 0.355. The SMILES string of the molecule is C=CCn1c(SCC(=O)Nc2nc(C)c(C(=O)N(C)C)s2)nnc1-c1ccc(Br)cc1. The largest absolute Gasteiger partial charge is 0.344 e. The maximum Gasteiger partial charge on any atom is 0.265 e. The molecular weight excluding hydrogens is 500 g/mol. The number of rotatable bonds is 8. The van der Waals surface area contributed by atoms with E-state index in [2.05, 4.69) is 43.0 Å². The molecular formula is C20H21BrN6O2S2. The number of allylic oxidation sites excluding steroid dienone is 1. The van der Waals surface area contributed by atoms with E-state index in [1.54, 1.807) is 27.1 Å². The summed E-state index contributed by atoms with van der Waals surface area (Å²) in [5.41, 5.74) is 1.52. The van der Waals surface area contributed by atoms with Gasteiger partial charge in [-0.1, -0.05) is 57.2 Å². The van der Waals surface area contributed by atoms with Gasteiger partial charge in [0, 0.05) is 30.7 Å². The number of anilines is 1. The van der Waals surface area contributed by atoms with Crippen molar-refractivity contribution in [3.8, 4) is 11.4 Å². The molecule has 31 heavy (non-hydrogen) atoms. The van der Waals surface area contributed by atoms with Crippen LogP contribution in [0.1, 0.15) is 15.4 Å². The number of halogens is 1. The Morgan fingerprint density at radius 1 is 1.29 bits per heavy atom. The van der Waals surface area contributed by atoms with Gasteiger partial charge in [0.2, 0.25) is 5.91 Å². The van der Waals surface area contributed by atoms with Gasteiger partial charge in [0.05, 0.1) is 11.4 Å². The minimum Gasteiger partial charge on any atom is -0.344 e. The van der Waals surface area contributed by atoms with Gasteiger partial charge in [0.25, 0.3) is 5.91 Å². The van der Waals surface area contributed by atoms with Gasteiger partial charge >= 0.3 is 0 Å². The lowest BCUT2D eigenvalue weighted by Gasteiger charge is -2.08. The summed E-state index contributed by atoms with van der Waals surface area (Å²) in [4.78, 5) is 30.9. The highest BCUT2D eigenvalue weighted by Gasteiger charge is 2.19. The maximum absolute atomic E-state index is 12.5. The molecule has 0 aliphatic heterocycles. The molecule has 162 valence electrons. The molecule has 2 heterocycles. The van der Waals surface area contributed by atoms with Crippen LogP contribution in [0.15, 0.2) is 46.5 Å². The van der Waals surface area contributed by atoms with Gasteiger partial charge in [-0.15, -0.1) is 16.8 Å². The van der Waals surface area contributed by atoms with Crippen LogP contribution in [0.3, 0.4) is 0 Å². The first-order chi connectivity index (χ1) is 14.8. The molecule has 0 atom stereocenters. The molecule has 2 amide bonds. The van der Waals surface area contributed by atoms with Gasteiger partial charge in [0.1, 0.15) is 4.88 Å². The first-order valence-electron chi connectivity index (χ1n) is 9.22. The number of thiazole rings is 1. The Morgan fingerprint density at radius 2 is 2.00 bits per heavy atom. The van der Waals surface area contributed by atoms with Crippen molar-refractivity contribution >= 4 is 56.0 Å². The van der Waals surface area contributed by atoms with Crippen LogP contribution in [0, 0.1) is 6.92 Å². The number of nitrogens with one attached hydrogen (secondary N) is 1. The van der Waals surface area contributed by atoms with Crippen LogP contribution in [0.25, 0.3) is 11.4 Å². The Bertz CT molecular complexity index is 1110. The first kappa shape index (κ1) is 23.2. The molecule has 0 saturated heterocycles. The van der Waals surface area contributed by atoms with Crippen LogP contribution >= 0.6 is 39.0 Å². The number of carbonyl (C=O) groups is 2. The second kappa shape index (κ2) is 10.2. The summed E-state index contributed by atoms with van der Waals surface area (Å²) in [6.45, 7) is 6.07. The summed E-state index contributed by atoms with van der Waals surface area (Å²) < 4.78 is 2.89. The van der Waals surface area contributed by atoms with Gasteiger partial charge in [0.15, 0.2) is 16.1 Å². The molecule has 0 spiro atoms. The minimum absolute atomic E-state index is 0.130. The van der Waals surface area contributed by atoms with E-state index in [4.69, 9.17) is 0 Å². The summed E-state index contributed by atoms with van der Waals surface area (Å²) in [5.74, 6) is 0.465. The Morgan fingerprint density at radius 3 is 2.65 bits per heavy atom. The molecule has 3 rings (SSSR count). The second-order valence-corrected chi connectivity index (χ2v) is 9.54. The summed E-state index contributed by atoms with van der Waals surface area (Å²) in [6.07, 6.45) is 1.76. The van der Waals surface area contributed by atoms with Crippen LogP contribution in [-0.2, 0) is 11.3 Å². The lowest BCUT2D eigenvalue weighted by Crippen LogP contribution is -2.21. The number of hydrogen-bond donors (Lipinski definition) is 1. The van der Waals surface area contributed by atoms with Crippen molar-refractivity contribution in [3.63, 3.8) is 0 Å². The number of hydrogen-bond acceptors (Lipinski definition) is 7. The predicted octanol–water partition coefficient (Wildman–Crippen LogP) is 4.09. The molecule has 0 radical (unpaired) electrons. The summed E-state index contributed by atoms with van der Waals surface area (Å²) >= 11 is 5.87. The number of aromatic nitrogens is 4. The summed E-state index contributed by atoms with van der Waals surface area (Å²) in [7, 11) is 3.36. The number of thioether (sulfide) groups is 1. The summed E-state index contributed by atoms with van der Waals surface area (Å²) in [6, 6.07) is 7.78. The predicted molar refractivity (Wildman–Crippen MR) is 128 cm³/mol. The van der Waals surface area contributed by atoms with E-state index >= 15 is 0 Å². The maximum atomic E-state index is 12.5. The van der Waals surface area contributed by atoms with E-state index < -0.39 is 0 Å². The molecule has 1 N–H and O–H groups in total. The fourth-order valence-corrected chi connectivity index (χ4v) is 4.65. The zero-order valence-electron chi connectivity index (χ0n) is 17.3. The highest BCUT2D eigenvalue weighted by atomic mass is 79.9. The lowest BCUT2D eigenvalue weighted by atomic mass is 10.2. The highest BCUT2D eigenvalue weighted by molar-refractivity contribution is 9.10. The fourth-order valence-electron chi connectivity index (χ4n) is 2.64. The third kappa shape index (κ3) is 5.60. The van der Waals surface area contributed by atoms with Crippen LogP contribution in [0.4, 0.5) is 5.13 Å². The average molecular weight is 521 g/mol. The molecule has 0 bridgehead atoms.